The summed E-state index contributed by atoms with van der Waals surface area (Å²) in [6, 6.07) is 5.80. The summed E-state index contributed by atoms with van der Waals surface area (Å²) < 4.78 is 0. The highest BCUT2D eigenvalue weighted by molar-refractivity contribution is 5.51. The number of benzene rings is 1. The van der Waals surface area contributed by atoms with Crippen molar-refractivity contribution >= 4 is 0 Å². The molecule has 1 unspecified atom stereocenters. The fraction of sp³-hybridized carbons (Fsp3) is 0.462. The molecule has 1 aliphatic rings. The van der Waals surface area contributed by atoms with E-state index in [4.69, 9.17) is 5.26 Å². The summed E-state index contributed by atoms with van der Waals surface area (Å²) in [5.74, 6) is 0.104. The van der Waals surface area contributed by atoms with Gasteiger partial charge in [-0.3, -0.25) is 0 Å². The number of nitrogens with zero attached hydrogens (tertiary/aromatic N) is 1. The second-order valence-corrected chi connectivity index (χ2v) is 4.66. The Labute approximate surface area is 95.7 Å². The van der Waals surface area contributed by atoms with Crippen LogP contribution < -0.4 is 5.32 Å². The number of hydrogen-bond acceptors (Lipinski definition) is 3. The first-order valence-electron chi connectivity index (χ1n) is 5.56. The Morgan fingerprint density at radius 1 is 1.50 bits per heavy atom. The van der Waals surface area contributed by atoms with Crippen LogP contribution in [0.15, 0.2) is 12.1 Å². The molecule has 1 aromatic carbocycles. The van der Waals surface area contributed by atoms with E-state index in [2.05, 4.69) is 12.2 Å². The number of rotatable bonds is 1. The zero-order valence-electron chi connectivity index (χ0n) is 9.67. The first-order valence-corrected chi connectivity index (χ1v) is 5.56. The summed E-state index contributed by atoms with van der Waals surface area (Å²) in [4.78, 5) is 0. The number of aromatic hydroxyl groups is 1. The highest BCUT2D eigenvalue weighted by Gasteiger charge is 2.30. The Morgan fingerprint density at radius 3 is 2.81 bits per heavy atom. The number of aryl methyl sites for hydroxylation is 1. The van der Waals surface area contributed by atoms with Gasteiger partial charge in [0.1, 0.15) is 11.8 Å². The molecule has 0 aliphatic carbocycles. The van der Waals surface area contributed by atoms with Gasteiger partial charge in [0, 0.05) is 5.54 Å². The molecule has 0 aromatic heterocycles. The molecule has 1 aromatic rings. The van der Waals surface area contributed by atoms with E-state index in [-0.39, 0.29) is 11.3 Å². The van der Waals surface area contributed by atoms with Crippen molar-refractivity contribution in [2.75, 3.05) is 6.54 Å². The van der Waals surface area contributed by atoms with Gasteiger partial charge in [0.2, 0.25) is 0 Å². The van der Waals surface area contributed by atoms with Crippen molar-refractivity contribution in [1.29, 1.82) is 5.26 Å². The van der Waals surface area contributed by atoms with Gasteiger partial charge in [0.25, 0.3) is 0 Å². The summed E-state index contributed by atoms with van der Waals surface area (Å²) in [5.41, 5.74) is 2.18. The third-order valence-electron chi connectivity index (χ3n) is 3.43. The zero-order chi connectivity index (χ0) is 11.8. The van der Waals surface area contributed by atoms with E-state index in [0.717, 1.165) is 30.5 Å². The lowest BCUT2D eigenvalue weighted by Gasteiger charge is -2.26. The van der Waals surface area contributed by atoms with Crippen LogP contribution in [-0.4, -0.2) is 11.7 Å². The Bertz CT molecular complexity index is 454. The highest BCUT2D eigenvalue weighted by Crippen LogP contribution is 2.34. The van der Waals surface area contributed by atoms with Crippen LogP contribution in [0.4, 0.5) is 0 Å². The Morgan fingerprint density at radius 2 is 2.25 bits per heavy atom. The zero-order valence-corrected chi connectivity index (χ0v) is 9.67. The highest BCUT2D eigenvalue weighted by atomic mass is 16.3. The van der Waals surface area contributed by atoms with Gasteiger partial charge in [-0.05, 0) is 50.4 Å². The number of nitriles is 1. The van der Waals surface area contributed by atoms with Gasteiger partial charge in [-0.25, -0.2) is 0 Å². The molecule has 3 heteroatoms. The molecule has 2 N–H and O–H groups in total. The van der Waals surface area contributed by atoms with Crippen molar-refractivity contribution in [3.8, 4) is 11.8 Å². The minimum atomic E-state index is -0.0515. The van der Waals surface area contributed by atoms with Crippen molar-refractivity contribution in [3.63, 3.8) is 0 Å². The quantitative estimate of drug-likeness (QED) is 0.756. The topological polar surface area (TPSA) is 56.0 Å². The first kappa shape index (κ1) is 11.0. The molecule has 0 bridgehead atoms. The average molecular weight is 216 g/mol. The summed E-state index contributed by atoms with van der Waals surface area (Å²) in [5, 5.41) is 22.1. The summed E-state index contributed by atoms with van der Waals surface area (Å²) in [7, 11) is 0. The molecule has 84 valence electrons. The molecule has 1 aliphatic heterocycles. The van der Waals surface area contributed by atoms with Gasteiger partial charge < -0.3 is 10.4 Å². The minimum Gasteiger partial charge on any atom is -0.506 e. The van der Waals surface area contributed by atoms with Gasteiger partial charge >= 0.3 is 0 Å². The van der Waals surface area contributed by atoms with Crippen LogP contribution in [0.1, 0.15) is 36.5 Å². The maximum absolute atomic E-state index is 9.71. The SMILES string of the molecule is Cc1cc(C2(C)CCCN2)cc(C#N)c1O. The van der Waals surface area contributed by atoms with E-state index in [1.54, 1.807) is 6.07 Å². The van der Waals surface area contributed by atoms with Crippen LogP contribution in [-0.2, 0) is 5.54 Å². The minimum absolute atomic E-state index is 0.0515. The Hall–Kier alpha value is -1.53. The lowest BCUT2D eigenvalue weighted by molar-refractivity contribution is 0.430. The standard InChI is InChI=1S/C13H16N2O/c1-9-6-11(7-10(8-14)12(9)16)13(2)4-3-5-15-13/h6-7,15-16H,3-5H2,1-2H3. The summed E-state index contributed by atoms with van der Waals surface area (Å²) >= 11 is 0. The largest absolute Gasteiger partial charge is 0.506 e. The van der Waals surface area contributed by atoms with Crippen LogP contribution >= 0.6 is 0 Å². The lowest BCUT2D eigenvalue weighted by Crippen LogP contribution is -2.33. The third-order valence-corrected chi connectivity index (χ3v) is 3.43. The van der Waals surface area contributed by atoms with Crippen molar-refractivity contribution in [1.82, 2.24) is 5.32 Å². The van der Waals surface area contributed by atoms with Crippen LogP contribution in [0.5, 0.6) is 5.75 Å². The molecule has 1 atom stereocenters. The molecule has 16 heavy (non-hydrogen) atoms. The molecule has 2 rings (SSSR count). The van der Waals surface area contributed by atoms with Crippen molar-refractivity contribution in [2.24, 2.45) is 0 Å². The molecule has 0 amide bonds. The molecule has 1 heterocycles. The fourth-order valence-electron chi connectivity index (χ4n) is 2.32. The number of nitrogens with one attached hydrogen (secondary N) is 1. The molecular formula is C13H16N2O. The monoisotopic (exact) mass is 216 g/mol. The maximum atomic E-state index is 9.71. The van der Waals surface area contributed by atoms with Crippen molar-refractivity contribution < 1.29 is 5.11 Å². The summed E-state index contributed by atoms with van der Waals surface area (Å²) in [6.45, 7) is 4.99. The molecule has 1 saturated heterocycles. The van der Waals surface area contributed by atoms with Crippen molar-refractivity contribution in [3.05, 3.63) is 28.8 Å². The predicted octanol–water partition coefficient (Wildman–Crippen LogP) is 2.17. The predicted molar refractivity (Wildman–Crippen MR) is 62.1 cm³/mol. The molecule has 1 fully saturated rings. The Kier molecular flexibility index (Phi) is 2.61. The normalized spacial score (nSPS) is 24.3. The molecule has 3 nitrogen and oxygen atoms in total. The average Bonchev–Trinajstić information content (AvgIpc) is 2.70. The van der Waals surface area contributed by atoms with Gasteiger partial charge in [-0.2, -0.15) is 5.26 Å². The van der Waals surface area contributed by atoms with Crippen LogP contribution in [0.25, 0.3) is 0 Å². The van der Waals surface area contributed by atoms with E-state index in [0.29, 0.717) is 5.56 Å². The fourth-order valence-corrected chi connectivity index (χ4v) is 2.32. The smallest absolute Gasteiger partial charge is 0.136 e. The maximum Gasteiger partial charge on any atom is 0.136 e. The molecular weight excluding hydrogens is 200 g/mol. The number of phenols is 1. The van der Waals surface area contributed by atoms with Gasteiger partial charge in [-0.15, -0.1) is 0 Å². The number of phenolic OH excluding ortho intramolecular Hbond substituents is 1. The van der Waals surface area contributed by atoms with Gasteiger partial charge in [0.05, 0.1) is 5.56 Å². The van der Waals surface area contributed by atoms with Crippen LogP contribution in [0.2, 0.25) is 0 Å². The second-order valence-electron chi connectivity index (χ2n) is 4.66. The van der Waals surface area contributed by atoms with Crippen molar-refractivity contribution in [2.45, 2.75) is 32.2 Å². The Balaban J connectivity index is 2.51. The lowest BCUT2D eigenvalue weighted by atomic mass is 9.88. The molecule has 0 saturated carbocycles. The number of hydrogen-bond donors (Lipinski definition) is 2. The third kappa shape index (κ3) is 1.66. The second kappa shape index (κ2) is 3.80. The molecule has 0 spiro atoms. The molecule has 0 radical (unpaired) electrons. The summed E-state index contributed by atoms with van der Waals surface area (Å²) in [6.07, 6.45) is 2.22. The van der Waals surface area contributed by atoms with Gasteiger partial charge in [-0.1, -0.05) is 6.07 Å². The van der Waals surface area contributed by atoms with E-state index in [9.17, 15) is 5.11 Å². The van der Waals surface area contributed by atoms with E-state index >= 15 is 0 Å². The first-order chi connectivity index (χ1) is 7.57. The van der Waals surface area contributed by atoms with E-state index in [1.807, 2.05) is 19.1 Å². The van der Waals surface area contributed by atoms with E-state index in [1.165, 1.54) is 0 Å². The van der Waals surface area contributed by atoms with Gasteiger partial charge in [0.15, 0.2) is 0 Å². The van der Waals surface area contributed by atoms with E-state index < -0.39 is 0 Å². The van der Waals surface area contributed by atoms with Crippen LogP contribution in [0, 0.1) is 18.3 Å². The van der Waals surface area contributed by atoms with Crippen LogP contribution in [0.3, 0.4) is 0 Å².